The van der Waals surface area contributed by atoms with E-state index in [2.05, 4.69) is 20.5 Å². The van der Waals surface area contributed by atoms with Crippen LogP contribution >= 0.6 is 11.6 Å². The molecule has 33 heavy (non-hydrogen) atoms. The summed E-state index contributed by atoms with van der Waals surface area (Å²) in [6, 6.07) is 7.79. The molecule has 4 fully saturated rings. The molecule has 0 radical (unpaired) electrons. The number of aromatic nitrogens is 1. The predicted molar refractivity (Wildman–Crippen MR) is 122 cm³/mol. The van der Waals surface area contributed by atoms with Gasteiger partial charge in [-0.3, -0.25) is 9.59 Å². The number of hydrogen-bond acceptors (Lipinski definition) is 5. The number of hydrogen-bond donors (Lipinski definition) is 2. The lowest BCUT2D eigenvalue weighted by Crippen LogP contribution is -2.53. The van der Waals surface area contributed by atoms with Crippen molar-refractivity contribution < 1.29 is 18.7 Å². The van der Waals surface area contributed by atoms with Crippen molar-refractivity contribution in [2.75, 3.05) is 24.6 Å². The molecular formula is C24H26ClFN4O3. The topological polar surface area (TPSA) is 83.6 Å². The molecule has 2 aromatic rings. The molecule has 2 heterocycles. The van der Waals surface area contributed by atoms with Gasteiger partial charge in [0, 0.05) is 30.7 Å². The number of benzene rings is 1. The maximum atomic E-state index is 13.5. The predicted octanol–water partition coefficient (Wildman–Crippen LogP) is 3.32. The minimum absolute atomic E-state index is 0.00276. The van der Waals surface area contributed by atoms with Crippen LogP contribution in [0.1, 0.15) is 42.6 Å². The van der Waals surface area contributed by atoms with Gasteiger partial charge < -0.3 is 20.3 Å². The number of fused-ring (bicyclic) bond motifs is 1. The first-order chi connectivity index (χ1) is 15.9. The fraction of sp³-hybridized carbons (Fsp3) is 0.458. The van der Waals surface area contributed by atoms with Crippen LogP contribution in [-0.2, 0) is 4.79 Å². The summed E-state index contributed by atoms with van der Waals surface area (Å²) < 4.78 is 18.9. The van der Waals surface area contributed by atoms with Crippen LogP contribution in [0, 0.1) is 11.7 Å². The van der Waals surface area contributed by atoms with E-state index in [1.165, 1.54) is 25.0 Å². The largest absolute Gasteiger partial charge is 0.484 e. The third-order valence-corrected chi connectivity index (χ3v) is 7.23. The van der Waals surface area contributed by atoms with E-state index in [1.54, 1.807) is 12.3 Å². The summed E-state index contributed by atoms with van der Waals surface area (Å²) in [6.07, 6.45) is 6.46. The number of nitrogens with zero attached hydrogens (tertiary/aromatic N) is 2. The third-order valence-electron chi connectivity index (χ3n) is 6.92. The Morgan fingerprint density at radius 1 is 1.18 bits per heavy atom. The standard InChI is InChI=1S/C24H26ClFN4O3/c25-18-5-4-17(9-19(18)26)33-14-22(31)29-24-10-15(11-24)21(12-24)28-23(32)20-6-3-16(13-27-20)30-7-1-2-8-30/h3-6,9,13,15,21H,1-2,7-8,10-12,14H2,(H,28,32)(H,29,31)/t15?,21-,24?/m1/s1. The minimum atomic E-state index is -0.593. The second kappa shape index (κ2) is 8.82. The highest BCUT2D eigenvalue weighted by atomic mass is 35.5. The van der Waals surface area contributed by atoms with Crippen molar-refractivity contribution in [3.63, 3.8) is 0 Å². The fourth-order valence-electron chi connectivity index (χ4n) is 5.28. The van der Waals surface area contributed by atoms with Gasteiger partial charge in [-0.1, -0.05) is 11.6 Å². The Kier molecular flexibility index (Phi) is 5.86. The molecule has 3 saturated carbocycles. The van der Waals surface area contributed by atoms with E-state index >= 15 is 0 Å². The van der Waals surface area contributed by atoms with Crippen molar-refractivity contribution in [3.8, 4) is 5.75 Å². The monoisotopic (exact) mass is 472 g/mol. The Bertz CT molecular complexity index is 1050. The molecule has 0 unspecified atom stereocenters. The molecule has 9 heteroatoms. The van der Waals surface area contributed by atoms with Crippen LogP contribution in [0.25, 0.3) is 0 Å². The zero-order valence-corrected chi connectivity index (χ0v) is 18.9. The van der Waals surface area contributed by atoms with Crippen molar-refractivity contribution >= 4 is 29.1 Å². The Hall–Kier alpha value is -2.87. The number of anilines is 1. The van der Waals surface area contributed by atoms with Crippen LogP contribution in [0.3, 0.4) is 0 Å². The lowest BCUT2D eigenvalue weighted by molar-refractivity contribution is -0.125. The molecule has 7 nitrogen and oxygen atoms in total. The van der Waals surface area contributed by atoms with Gasteiger partial charge in [0.15, 0.2) is 6.61 Å². The molecule has 0 spiro atoms. The molecule has 1 aromatic heterocycles. The highest BCUT2D eigenvalue weighted by Crippen LogP contribution is 2.52. The Morgan fingerprint density at radius 2 is 1.97 bits per heavy atom. The van der Waals surface area contributed by atoms with Crippen molar-refractivity contribution in [2.24, 2.45) is 5.92 Å². The Morgan fingerprint density at radius 3 is 2.67 bits per heavy atom. The molecule has 1 aromatic carbocycles. The van der Waals surface area contributed by atoms with E-state index in [-0.39, 0.29) is 40.8 Å². The number of pyridine rings is 1. The molecule has 1 saturated heterocycles. The second-order valence-electron chi connectivity index (χ2n) is 9.24. The number of halogens is 2. The van der Waals surface area contributed by atoms with Crippen molar-refractivity contribution in [1.82, 2.24) is 15.6 Å². The molecule has 2 N–H and O–H groups in total. The Labute approximate surface area is 196 Å². The lowest BCUT2D eigenvalue weighted by atomic mass is 9.76. The highest BCUT2D eigenvalue weighted by Gasteiger charge is 2.57. The number of ether oxygens (including phenoxy) is 1. The van der Waals surface area contributed by atoms with Crippen LogP contribution in [0.2, 0.25) is 5.02 Å². The summed E-state index contributed by atoms with van der Waals surface area (Å²) in [5, 5.41) is 6.14. The molecule has 4 aliphatic rings. The molecular weight excluding hydrogens is 447 g/mol. The first-order valence-corrected chi connectivity index (χ1v) is 11.7. The smallest absolute Gasteiger partial charge is 0.270 e. The minimum Gasteiger partial charge on any atom is -0.484 e. The molecule has 1 atom stereocenters. The van der Waals surface area contributed by atoms with Crippen LogP contribution in [0.5, 0.6) is 5.75 Å². The van der Waals surface area contributed by atoms with E-state index < -0.39 is 5.82 Å². The maximum absolute atomic E-state index is 13.5. The van der Waals surface area contributed by atoms with E-state index in [9.17, 15) is 14.0 Å². The van der Waals surface area contributed by atoms with Gasteiger partial charge in [0.1, 0.15) is 17.3 Å². The van der Waals surface area contributed by atoms with Gasteiger partial charge in [0.2, 0.25) is 0 Å². The zero-order chi connectivity index (χ0) is 23.0. The lowest BCUT2D eigenvalue weighted by Gasteiger charge is -2.39. The molecule has 3 aliphatic carbocycles. The molecule has 2 bridgehead atoms. The van der Waals surface area contributed by atoms with E-state index in [0.717, 1.165) is 37.7 Å². The maximum Gasteiger partial charge on any atom is 0.270 e. The van der Waals surface area contributed by atoms with Gasteiger partial charge in [-0.2, -0.15) is 0 Å². The Balaban J connectivity index is 1.11. The van der Waals surface area contributed by atoms with Gasteiger partial charge in [0.25, 0.3) is 11.8 Å². The molecule has 6 rings (SSSR count). The number of carbonyl (C=O) groups is 2. The summed E-state index contributed by atoms with van der Waals surface area (Å²) in [6.45, 7) is 1.86. The summed E-state index contributed by atoms with van der Waals surface area (Å²) in [7, 11) is 0. The van der Waals surface area contributed by atoms with Gasteiger partial charge in [0.05, 0.1) is 16.9 Å². The fourth-order valence-corrected chi connectivity index (χ4v) is 5.39. The van der Waals surface area contributed by atoms with E-state index in [0.29, 0.717) is 18.0 Å². The summed E-state index contributed by atoms with van der Waals surface area (Å²) >= 11 is 5.66. The quantitative estimate of drug-likeness (QED) is 0.646. The van der Waals surface area contributed by atoms with Crippen molar-refractivity contribution in [1.29, 1.82) is 0 Å². The van der Waals surface area contributed by atoms with Crippen LogP contribution < -0.4 is 20.3 Å². The van der Waals surface area contributed by atoms with Crippen LogP contribution in [0.4, 0.5) is 10.1 Å². The normalized spacial score (nSPS) is 25.5. The number of rotatable bonds is 7. The average molecular weight is 473 g/mol. The zero-order valence-electron chi connectivity index (χ0n) is 18.2. The van der Waals surface area contributed by atoms with Gasteiger partial charge in [-0.25, -0.2) is 9.37 Å². The summed E-state index contributed by atoms with van der Waals surface area (Å²) in [4.78, 5) is 31.7. The molecule has 2 amide bonds. The molecule has 1 aliphatic heterocycles. The number of nitrogens with one attached hydrogen (secondary N) is 2. The van der Waals surface area contributed by atoms with E-state index in [4.69, 9.17) is 16.3 Å². The van der Waals surface area contributed by atoms with Gasteiger partial charge in [-0.05, 0) is 62.3 Å². The summed E-state index contributed by atoms with van der Waals surface area (Å²) in [5.74, 6) is -0.463. The van der Waals surface area contributed by atoms with Gasteiger partial charge >= 0.3 is 0 Å². The van der Waals surface area contributed by atoms with Gasteiger partial charge in [-0.15, -0.1) is 0 Å². The third kappa shape index (κ3) is 4.62. The van der Waals surface area contributed by atoms with Crippen LogP contribution in [-0.4, -0.2) is 48.1 Å². The first-order valence-electron chi connectivity index (χ1n) is 11.3. The summed E-state index contributed by atoms with van der Waals surface area (Å²) in [5.41, 5.74) is 1.14. The number of amides is 2. The SMILES string of the molecule is O=C(COc1ccc(Cl)c(F)c1)NC12CC(C1)[C@H](NC(=O)c1ccc(N3CCCC3)cn1)C2. The second-order valence-corrected chi connectivity index (χ2v) is 9.65. The van der Waals surface area contributed by atoms with Crippen molar-refractivity contribution in [3.05, 3.63) is 53.1 Å². The number of carbonyl (C=O) groups excluding carboxylic acids is 2. The molecule has 174 valence electrons. The average Bonchev–Trinajstić information content (AvgIpc) is 3.50. The highest BCUT2D eigenvalue weighted by molar-refractivity contribution is 6.30. The van der Waals surface area contributed by atoms with E-state index in [1.807, 2.05) is 6.07 Å². The first kappa shape index (κ1) is 21.9. The van der Waals surface area contributed by atoms with Crippen molar-refractivity contribution in [2.45, 2.75) is 43.7 Å². The van der Waals surface area contributed by atoms with Crippen LogP contribution in [0.15, 0.2) is 36.5 Å².